The summed E-state index contributed by atoms with van der Waals surface area (Å²) < 4.78 is 0. The highest BCUT2D eigenvalue weighted by atomic mass is 15.1. The Morgan fingerprint density at radius 3 is 3.07 bits per heavy atom. The predicted molar refractivity (Wildman–Crippen MR) is 53.6 cm³/mol. The smallest absolute Gasteiger partial charge is 0.150 e. The number of H-pyrrole nitrogens is 1. The van der Waals surface area contributed by atoms with Crippen molar-refractivity contribution in [2.45, 2.75) is 0 Å². The highest BCUT2D eigenvalue weighted by Gasteiger charge is 2.06. The number of nitrogen functional groups attached to an aromatic ring is 1. The Hall–Kier alpha value is -2.17. The van der Waals surface area contributed by atoms with Crippen LogP contribution in [-0.2, 0) is 0 Å². The molecule has 5 nitrogen and oxygen atoms in total. The molecule has 0 saturated carbocycles. The Kier molecular flexibility index (Phi) is 1.25. The standard InChI is InChI=1S/C9H7N5/c10-9-8-6(3-12-14-8)5-1-2-11-4-7(5)13-9/h1-4H,(H2,10,13)(H,12,14). The zero-order chi connectivity index (χ0) is 9.54. The van der Waals surface area contributed by atoms with Gasteiger partial charge in [-0.25, -0.2) is 4.98 Å². The number of anilines is 1. The molecule has 0 bridgehead atoms. The van der Waals surface area contributed by atoms with Crippen molar-refractivity contribution in [3.05, 3.63) is 24.7 Å². The third-order valence-electron chi connectivity index (χ3n) is 2.23. The maximum atomic E-state index is 5.76. The fourth-order valence-electron chi connectivity index (χ4n) is 1.57. The van der Waals surface area contributed by atoms with Crippen LogP contribution in [0.15, 0.2) is 24.7 Å². The van der Waals surface area contributed by atoms with Crippen molar-refractivity contribution < 1.29 is 0 Å². The van der Waals surface area contributed by atoms with E-state index in [1.165, 1.54) is 0 Å². The van der Waals surface area contributed by atoms with E-state index in [-0.39, 0.29) is 0 Å². The molecule has 0 atom stereocenters. The van der Waals surface area contributed by atoms with Gasteiger partial charge in [-0.05, 0) is 6.07 Å². The molecule has 0 radical (unpaired) electrons. The van der Waals surface area contributed by atoms with Gasteiger partial charge in [-0.3, -0.25) is 10.1 Å². The van der Waals surface area contributed by atoms with Gasteiger partial charge in [0.15, 0.2) is 0 Å². The molecule has 0 amide bonds. The highest BCUT2D eigenvalue weighted by Crippen LogP contribution is 2.24. The summed E-state index contributed by atoms with van der Waals surface area (Å²) in [6.07, 6.45) is 5.17. The molecule has 0 aliphatic rings. The monoisotopic (exact) mass is 185 g/mol. The van der Waals surface area contributed by atoms with Gasteiger partial charge in [0.1, 0.15) is 11.3 Å². The molecular weight excluding hydrogens is 178 g/mol. The lowest BCUT2D eigenvalue weighted by atomic mass is 10.2. The molecule has 0 fully saturated rings. The van der Waals surface area contributed by atoms with E-state index in [9.17, 15) is 0 Å². The van der Waals surface area contributed by atoms with Crippen LogP contribution in [0.5, 0.6) is 0 Å². The SMILES string of the molecule is Nc1nc2cnccc2c2cn[nH]c12. The van der Waals surface area contributed by atoms with Gasteiger partial charge in [-0.2, -0.15) is 5.10 Å². The molecule has 3 rings (SSSR count). The first-order valence-electron chi connectivity index (χ1n) is 4.18. The number of hydrogen-bond donors (Lipinski definition) is 2. The van der Waals surface area contributed by atoms with Crippen molar-refractivity contribution in [3.8, 4) is 0 Å². The van der Waals surface area contributed by atoms with Gasteiger partial charge in [0.05, 0.1) is 17.9 Å². The van der Waals surface area contributed by atoms with E-state index in [0.29, 0.717) is 5.82 Å². The number of rotatable bonds is 0. The van der Waals surface area contributed by atoms with Gasteiger partial charge in [0.2, 0.25) is 0 Å². The minimum atomic E-state index is 0.456. The van der Waals surface area contributed by atoms with Crippen LogP contribution in [0.1, 0.15) is 0 Å². The summed E-state index contributed by atoms with van der Waals surface area (Å²) >= 11 is 0. The van der Waals surface area contributed by atoms with Gasteiger partial charge >= 0.3 is 0 Å². The number of nitrogens with two attached hydrogens (primary N) is 1. The maximum absolute atomic E-state index is 5.76. The molecule has 5 heteroatoms. The molecule has 3 N–H and O–H groups in total. The number of aromatic nitrogens is 4. The first kappa shape index (κ1) is 7.25. The largest absolute Gasteiger partial charge is 0.382 e. The number of fused-ring (bicyclic) bond motifs is 3. The summed E-state index contributed by atoms with van der Waals surface area (Å²) in [6.45, 7) is 0. The van der Waals surface area contributed by atoms with Gasteiger partial charge < -0.3 is 5.73 Å². The second-order valence-corrected chi connectivity index (χ2v) is 3.05. The first-order valence-corrected chi connectivity index (χ1v) is 4.18. The number of pyridine rings is 2. The fourth-order valence-corrected chi connectivity index (χ4v) is 1.57. The molecule has 0 aliphatic heterocycles. The van der Waals surface area contributed by atoms with Crippen molar-refractivity contribution in [1.29, 1.82) is 0 Å². The van der Waals surface area contributed by atoms with Crippen LogP contribution in [0.3, 0.4) is 0 Å². The molecule has 3 aromatic heterocycles. The average Bonchev–Trinajstić information content (AvgIpc) is 2.67. The number of aromatic amines is 1. The summed E-state index contributed by atoms with van der Waals surface area (Å²) in [4.78, 5) is 8.22. The summed E-state index contributed by atoms with van der Waals surface area (Å²) in [5.41, 5.74) is 7.33. The zero-order valence-corrected chi connectivity index (χ0v) is 7.23. The van der Waals surface area contributed by atoms with Gasteiger partial charge in [0, 0.05) is 17.0 Å². The number of nitrogens with one attached hydrogen (secondary N) is 1. The molecule has 0 saturated heterocycles. The quantitative estimate of drug-likeness (QED) is 0.549. The molecule has 3 aromatic rings. The number of nitrogens with zero attached hydrogens (tertiary/aromatic N) is 3. The van der Waals surface area contributed by atoms with Crippen LogP contribution >= 0.6 is 0 Å². The summed E-state index contributed by atoms with van der Waals surface area (Å²) in [5, 5.41) is 8.76. The van der Waals surface area contributed by atoms with Gasteiger partial charge in [-0.1, -0.05) is 0 Å². The first-order chi connectivity index (χ1) is 6.86. The van der Waals surface area contributed by atoms with Crippen molar-refractivity contribution in [2.24, 2.45) is 0 Å². The highest BCUT2D eigenvalue weighted by molar-refractivity contribution is 6.07. The summed E-state index contributed by atoms with van der Waals surface area (Å²) in [6, 6.07) is 1.90. The van der Waals surface area contributed by atoms with E-state index >= 15 is 0 Å². The lowest BCUT2D eigenvalue weighted by molar-refractivity contribution is 1.12. The van der Waals surface area contributed by atoms with Crippen molar-refractivity contribution >= 4 is 27.6 Å². The second kappa shape index (κ2) is 2.41. The lowest BCUT2D eigenvalue weighted by Crippen LogP contribution is -1.92. The topological polar surface area (TPSA) is 80.5 Å². The number of hydrogen-bond acceptors (Lipinski definition) is 4. The normalized spacial score (nSPS) is 11.1. The minimum absolute atomic E-state index is 0.456. The van der Waals surface area contributed by atoms with E-state index in [4.69, 9.17) is 5.73 Å². The molecule has 0 aromatic carbocycles. The Bertz CT molecular complexity index is 613. The van der Waals surface area contributed by atoms with Crippen molar-refractivity contribution in [1.82, 2.24) is 20.2 Å². The van der Waals surface area contributed by atoms with E-state index < -0.39 is 0 Å². The molecule has 3 heterocycles. The fraction of sp³-hybridized carbons (Fsp3) is 0. The molecular formula is C9H7N5. The van der Waals surface area contributed by atoms with E-state index in [2.05, 4.69) is 20.2 Å². The van der Waals surface area contributed by atoms with E-state index in [0.717, 1.165) is 21.8 Å². The van der Waals surface area contributed by atoms with Crippen molar-refractivity contribution in [2.75, 3.05) is 5.73 Å². The summed E-state index contributed by atoms with van der Waals surface area (Å²) in [5.74, 6) is 0.456. The maximum Gasteiger partial charge on any atom is 0.150 e. The second-order valence-electron chi connectivity index (χ2n) is 3.05. The lowest BCUT2D eigenvalue weighted by Gasteiger charge is -1.99. The van der Waals surface area contributed by atoms with Gasteiger partial charge in [-0.15, -0.1) is 0 Å². The van der Waals surface area contributed by atoms with Crippen LogP contribution in [0.25, 0.3) is 21.8 Å². The van der Waals surface area contributed by atoms with Crippen LogP contribution in [0.4, 0.5) is 5.82 Å². The molecule has 0 unspecified atom stereocenters. The predicted octanol–water partition coefficient (Wildman–Crippen LogP) is 1.09. The molecule has 0 aliphatic carbocycles. The summed E-state index contributed by atoms with van der Waals surface area (Å²) in [7, 11) is 0. The molecule has 0 spiro atoms. The van der Waals surface area contributed by atoms with Crippen LogP contribution in [0, 0.1) is 0 Å². The van der Waals surface area contributed by atoms with E-state index in [1.54, 1.807) is 18.6 Å². The van der Waals surface area contributed by atoms with Crippen LogP contribution < -0.4 is 5.73 Å². The Morgan fingerprint density at radius 2 is 2.14 bits per heavy atom. The Labute approximate surface area is 79.0 Å². The third kappa shape index (κ3) is 0.806. The zero-order valence-electron chi connectivity index (χ0n) is 7.23. The van der Waals surface area contributed by atoms with Crippen molar-refractivity contribution in [3.63, 3.8) is 0 Å². The van der Waals surface area contributed by atoms with Crippen LogP contribution in [-0.4, -0.2) is 20.2 Å². The van der Waals surface area contributed by atoms with Crippen LogP contribution in [0.2, 0.25) is 0 Å². The minimum Gasteiger partial charge on any atom is -0.382 e. The Balaban J connectivity index is 2.66. The third-order valence-corrected chi connectivity index (χ3v) is 2.23. The average molecular weight is 185 g/mol. The Morgan fingerprint density at radius 1 is 1.21 bits per heavy atom. The molecule has 68 valence electrons. The van der Waals surface area contributed by atoms with Gasteiger partial charge in [0.25, 0.3) is 0 Å². The molecule has 14 heavy (non-hydrogen) atoms. The van der Waals surface area contributed by atoms with E-state index in [1.807, 2.05) is 6.07 Å².